The standard InChI is InChI=1S/C11H17ClN4O/c1-6-7(2)15-10(9(12)14-6)16-11(3,4)5-8(13)17/h5H2,1-4H3,(H2,13,17)(H,15,16). The van der Waals surface area contributed by atoms with Crippen molar-refractivity contribution in [1.82, 2.24) is 9.97 Å². The van der Waals surface area contributed by atoms with Gasteiger partial charge in [-0.2, -0.15) is 0 Å². The van der Waals surface area contributed by atoms with Crippen LogP contribution in [0.3, 0.4) is 0 Å². The van der Waals surface area contributed by atoms with E-state index >= 15 is 0 Å². The molecule has 0 bridgehead atoms. The van der Waals surface area contributed by atoms with Crippen LogP contribution >= 0.6 is 11.6 Å². The molecule has 0 fully saturated rings. The van der Waals surface area contributed by atoms with Gasteiger partial charge in [0.1, 0.15) is 0 Å². The van der Waals surface area contributed by atoms with E-state index in [0.717, 1.165) is 11.4 Å². The van der Waals surface area contributed by atoms with Crippen LogP contribution in [0, 0.1) is 13.8 Å². The lowest BCUT2D eigenvalue weighted by Gasteiger charge is -2.26. The number of rotatable bonds is 4. The molecule has 1 aromatic heterocycles. The van der Waals surface area contributed by atoms with Crippen LogP contribution in [0.25, 0.3) is 0 Å². The quantitative estimate of drug-likeness (QED) is 0.861. The van der Waals surface area contributed by atoms with E-state index in [9.17, 15) is 4.79 Å². The van der Waals surface area contributed by atoms with Crippen molar-refractivity contribution >= 4 is 23.3 Å². The Hall–Kier alpha value is -1.36. The zero-order chi connectivity index (χ0) is 13.2. The molecule has 6 heteroatoms. The van der Waals surface area contributed by atoms with Crippen molar-refractivity contribution in [3.05, 3.63) is 16.5 Å². The predicted molar refractivity (Wildman–Crippen MR) is 68.0 cm³/mol. The number of nitrogens with zero attached hydrogens (tertiary/aromatic N) is 2. The Kier molecular flexibility index (Phi) is 3.93. The minimum absolute atomic E-state index is 0.192. The van der Waals surface area contributed by atoms with E-state index in [-0.39, 0.29) is 12.3 Å². The molecule has 0 aliphatic heterocycles. The highest BCUT2D eigenvalue weighted by atomic mass is 35.5. The number of nitrogens with one attached hydrogen (secondary N) is 1. The van der Waals surface area contributed by atoms with Gasteiger partial charge in [-0.15, -0.1) is 0 Å². The summed E-state index contributed by atoms with van der Waals surface area (Å²) < 4.78 is 0. The molecule has 3 N–H and O–H groups in total. The lowest BCUT2D eigenvalue weighted by Crippen LogP contribution is -2.36. The first-order chi connectivity index (χ1) is 7.71. The number of primary amides is 1. The fourth-order valence-electron chi connectivity index (χ4n) is 1.46. The summed E-state index contributed by atoms with van der Waals surface area (Å²) in [7, 11) is 0. The summed E-state index contributed by atoms with van der Waals surface area (Å²) in [5.41, 5.74) is 6.25. The third-order valence-corrected chi connectivity index (χ3v) is 2.60. The summed E-state index contributed by atoms with van der Waals surface area (Å²) in [5, 5.41) is 3.38. The fourth-order valence-corrected chi connectivity index (χ4v) is 1.67. The maximum absolute atomic E-state index is 10.9. The van der Waals surface area contributed by atoms with E-state index in [1.165, 1.54) is 0 Å². The van der Waals surface area contributed by atoms with Crippen LogP contribution < -0.4 is 11.1 Å². The Bertz CT molecular complexity index is 445. The molecule has 0 aromatic carbocycles. The molecule has 0 spiro atoms. The summed E-state index contributed by atoms with van der Waals surface area (Å²) in [6.07, 6.45) is 0.192. The average molecular weight is 257 g/mol. The van der Waals surface area contributed by atoms with E-state index in [2.05, 4.69) is 15.3 Å². The molecule has 1 heterocycles. The van der Waals surface area contributed by atoms with Gasteiger partial charge in [-0.1, -0.05) is 11.6 Å². The van der Waals surface area contributed by atoms with Gasteiger partial charge in [-0.05, 0) is 27.7 Å². The van der Waals surface area contributed by atoms with Crippen LogP contribution in [0.4, 0.5) is 5.82 Å². The topological polar surface area (TPSA) is 80.9 Å². The molecule has 1 rings (SSSR count). The first-order valence-corrected chi connectivity index (χ1v) is 5.66. The normalized spacial score (nSPS) is 11.4. The van der Waals surface area contributed by atoms with E-state index in [0.29, 0.717) is 11.0 Å². The first kappa shape index (κ1) is 13.7. The third kappa shape index (κ3) is 3.85. The van der Waals surface area contributed by atoms with Gasteiger partial charge in [0.2, 0.25) is 5.91 Å². The van der Waals surface area contributed by atoms with Gasteiger partial charge < -0.3 is 11.1 Å². The molecule has 0 atom stereocenters. The number of halogens is 1. The smallest absolute Gasteiger partial charge is 0.219 e. The summed E-state index contributed by atoms with van der Waals surface area (Å²) in [5.74, 6) is 0.0939. The highest BCUT2D eigenvalue weighted by Crippen LogP contribution is 2.23. The third-order valence-electron chi connectivity index (χ3n) is 2.34. The Morgan fingerprint density at radius 3 is 2.41 bits per heavy atom. The van der Waals surface area contributed by atoms with Gasteiger partial charge in [0.15, 0.2) is 11.0 Å². The first-order valence-electron chi connectivity index (χ1n) is 5.28. The van der Waals surface area contributed by atoms with E-state index < -0.39 is 5.54 Å². The monoisotopic (exact) mass is 256 g/mol. The number of hydrogen-bond donors (Lipinski definition) is 2. The van der Waals surface area contributed by atoms with Crippen LogP contribution in [0.1, 0.15) is 31.7 Å². The van der Waals surface area contributed by atoms with Gasteiger partial charge in [-0.25, -0.2) is 9.97 Å². The number of carbonyl (C=O) groups excluding carboxylic acids is 1. The number of nitrogens with two attached hydrogens (primary N) is 1. The maximum Gasteiger partial charge on any atom is 0.219 e. The second-order valence-electron chi connectivity index (χ2n) is 4.69. The lowest BCUT2D eigenvalue weighted by atomic mass is 10.0. The molecule has 94 valence electrons. The Morgan fingerprint density at radius 1 is 1.35 bits per heavy atom. The molecule has 0 aliphatic carbocycles. The van der Waals surface area contributed by atoms with Crippen molar-refractivity contribution in [3.8, 4) is 0 Å². The van der Waals surface area contributed by atoms with Gasteiger partial charge in [0.05, 0.1) is 11.4 Å². The van der Waals surface area contributed by atoms with E-state index in [1.807, 2.05) is 27.7 Å². The minimum Gasteiger partial charge on any atom is -0.370 e. The molecule has 17 heavy (non-hydrogen) atoms. The summed E-state index contributed by atoms with van der Waals surface area (Å²) in [6, 6.07) is 0. The molecular weight excluding hydrogens is 240 g/mol. The second-order valence-corrected chi connectivity index (χ2v) is 5.04. The molecule has 1 aromatic rings. The Morgan fingerprint density at radius 2 is 1.88 bits per heavy atom. The van der Waals surface area contributed by atoms with E-state index in [4.69, 9.17) is 17.3 Å². The SMILES string of the molecule is Cc1nc(Cl)c(NC(C)(C)CC(N)=O)nc1C. The van der Waals surface area contributed by atoms with Gasteiger partial charge in [0, 0.05) is 12.0 Å². The van der Waals surface area contributed by atoms with Crippen molar-refractivity contribution in [2.75, 3.05) is 5.32 Å². The molecule has 0 radical (unpaired) electrons. The van der Waals surface area contributed by atoms with Crippen LogP contribution in [0.2, 0.25) is 5.15 Å². The Balaban J connectivity index is 2.95. The molecular formula is C11H17ClN4O. The van der Waals surface area contributed by atoms with Gasteiger partial charge in [0.25, 0.3) is 0 Å². The minimum atomic E-state index is -0.508. The van der Waals surface area contributed by atoms with Crippen LogP contribution in [-0.2, 0) is 4.79 Å². The number of carbonyl (C=O) groups is 1. The van der Waals surface area contributed by atoms with Crippen LogP contribution in [-0.4, -0.2) is 21.4 Å². The highest BCUT2D eigenvalue weighted by molar-refractivity contribution is 6.31. The largest absolute Gasteiger partial charge is 0.370 e. The zero-order valence-corrected chi connectivity index (χ0v) is 11.2. The predicted octanol–water partition coefficient (Wildman–Crippen LogP) is 1.81. The number of anilines is 1. The molecule has 0 saturated heterocycles. The molecule has 0 aliphatic rings. The molecule has 0 unspecified atom stereocenters. The van der Waals surface area contributed by atoms with Crippen molar-refractivity contribution in [3.63, 3.8) is 0 Å². The molecule has 0 saturated carbocycles. The van der Waals surface area contributed by atoms with Crippen molar-refractivity contribution in [1.29, 1.82) is 0 Å². The fraction of sp³-hybridized carbons (Fsp3) is 0.545. The van der Waals surface area contributed by atoms with Gasteiger partial charge in [-0.3, -0.25) is 4.79 Å². The summed E-state index contributed by atoms with van der Waals surface area (Å²) in [6.45, 7) is 7.40. The molecule has 5 nitrogen and oxygen atoms in total. The maximum atomic E-state index is 10.9. The van der Waals surface area contributed by atoms with Gasteiger partial charge >= 0.3 is 0 Å². The van der Waals surface area contributed by atoms with Crippen molar-refractivity contribution in [2.45, 2.75) is 39.7 Å². The van der Waals surface area contributed by atoms with Crippen LogP contribution in [0.5, 0.6) is 0 Å². The highest BCUT2D eigenvalue weighted by Gasteiger charge is 2.22. The summed E-state index contributed by atoms with van der Waals surface area (Å²) in [4.78, 5) is 19.4. The number of aromatic nitrogens is 2. The Labute approximate surface area is 106 Å². The number of hydrogen-bond acceptors (Lipinski definition) is 4. The number of aryl methyl sites for hydroxylation is 2. The summed E-state index contributed by atoms with van der Waals surface area (Å²) >= 11 is 5.99. The lowest BCUT2D eigenvalue weighted by molar-refractivity contribution is -0.118. The number of amides is 1. The second kappa shape index (κ2) is 4.87. The molecule has 1 amide bonds. The zero-order valence-electron chi connectivity index (χ0n) is 10.5. The average Bonchev–Trinajstić information content (AvgIpc) is 2.11. The van der Waals surface area contributed by atoms with Crippen LogP contribution in [0.15, 0.2) is 0 Å². The van der Waals surface area contributed by atoms with Crippen molar-refractivity contribution in [2.24, 2.45) is 5.73 Å². The van der Waals surface area contributed by atoms with Crippen molar-refractivity contribution < 1.29 is 4.79 Å². The van der Waals surface area contributed by atoms with E-state index in [1.54, 1.807) is 0 Å².